The summed E-state index contributed by atoms with van der Waals surface area (Å²) in [6, 6.07) is -0.475. The smallest absolute Gasteiger partial charge is 0.304 e. The van der Waals surface area contributed by atoms with E-state index < -0.39 is 28.0 Å². The molecule has 0 spiro atoms. The van der Waals surface area contributed by atoms with E-state index in [1.54, 1.807) is 0 Å². The number of unbranched alkanes of at least 4 members (excludes halogenated alkanes) is 6. The lowest BCUT2D eigenvalue weighted by atomic mass is 10.1. The minimum absolute atomic E-state index is 0.124. The lowest BCUT2D eigenvalue weighted by molar-refractivity contribution is -0.137. The molecule has 0 saturated carbocycles. The Morgan fingerprint density at radius 1 is 1.12 bits per heavy atom. The van der Waals surface area contributed by atoms with Crippen LogP contribution in [0.15, 0.2) is 12.7 Å². The molecule has 2 unspecified atom stereocenters. The third-order valence-electron chi connectivity index (χ3n) is 3.70. The zero-order valence-corrected chi connectivity index (χ0v) is 16.7. The van der Waals surface area contributed by atoms with Gasteiger partial charge in [0.05, 0.1) is 18.7 Å². The van der Waals surface area contributed by atoms with Crippen LogP contribution in [0.1, 0.15) is 64.7 Å². The third kappa shape index (κ3) is 15.7. The van der Waals surface area contributed by atoms with Crippen molar-refractivity contribution in [2.75, 3.05) is 6.26 Å². The molecule has 0 aromatic rings. The maximum atomic E-state index is 11.5. The Kier molecular flexibility index (Phi) is 13.4. The second kappa shape index (κ2) is 14.4. The number of rotatable bonds is 13. The summed E-state index contributed by atoms with van der Waals surface area (Å²) in [5.74, 6) is 9.36. The highest BCUT2D eigenvalue weighted by Gasteiger charge is 2.10. The number of hydrogen-bond acceptors (Lipinski definition) is 3. The Morgan fingerprint density at radius 3 is 2.23 bits per heavy atom. The molecule has 0 heterocycles. The molecule has 0 aliphatic rings. The molecule has 5 nitrogen and oxygen atoms in total. The third-order valence-corrected chi connectivity index (χ3v) is 4.41. The van der Waals surface area contributed by atoms with E-state index in [0.29, 0.717) is 6.42 Å². The van der Waals surface area contributed by atoms with E-state index in [2.05, 4.69) is 41.9 Å². The van der Waals surface area contributed by atoms with Crippen LogP contribution in [-0.4, -0.2) is 31.8 Å². The predicted molar refractivity (Wildman–Crippen MR) is 106 cm³/mol. The number of nitrogens with one attached hydrogen (secondary N) is 1. The van der Waals surface area contributed by atoms with Crippen molar-refractivity contribution in [3.05, 3.63) is 12.7 Å². The Morgan fingerprint density at radius 2 is 1.69 bits per heavy atom. The van der Waals surface area contributed by atoms with E-state index in [0.717, 1.165) is 25.5 Å². The predicted octanol–water partition coefficient (Wildman–Crippen LogP) is 3.33. The quantitative estimate of drug-likeness (QED) is 0.291. The van der Waals surface area contributed by atoms with Crippen molar-refractivity contribution in [1.29, 1.82) is 0 Å². The van der Waals surface area contributed by atoms with Crippen molar-refractivity contribution < 1.29 is 18.3 Å². The number of carbonyl (C=O) groups is 1. The first kappa shape index (κ1) is 24.2. The normalized spacial score (nSPS) is 12.8. The summed E-state index contributed by atoms with van der Waals surface area (Å²) in [5.41, 5.74) is 0. The topological polar surface area (TPSA) is 83.5 Å². The highest BCUT2D eigenvalue weighted by molar-refractivity contribution is 7.88. The monoisotopic (exact) mass is 381 g/mol. The van der Waals surface area contributed by atoms with Crippen molar-refractivity contribution >= 4 is 16.0 Å². The number of allylic oxidation sites excluding steroid dienone is 1. The Balaban J connectivity index is 4.57. The minimum Gasteiger partial charge on any atom is -0.481 e. The number of sulfonamides is 1. The molecule has 2 atom stereocenters. The summed E-state index contributed by atoms with van der Waals surface area (Å²) in [4.78, 5) is 10.7. The lowest BCUT2D eigenvalue weighted by Crippen LogP contribution is -2.32. The molecule has 0 saturated heterocycles. The maximum absolute atomic E-state index is 11.5. The van der Waals surface area contributed by atoms with E-state index in [1.807, 2.05) is 0 Å². The summed E-state index contributed by atoms with van der Waals surface area (Å²) >= 11 is 0. The van der Waals surface area contributed by atoms with Crippen LogP contribution in [0, 0.1) is 29.6 Å². The first-order chi connectivity index (χ1) is 12.3. The van der Waals surface area contributed by atoms with Gasteiger partial charge in [0.25, 0.3) is 0 Å². The molecule has 0 aliphatic carbocycles. The van der Waals surface area contributed by atoms with E-state index in [4.69, 9.17) is 5.11 Å². The van der Waals surface area contributed by atoms with Crippen LogP contribution in [0.2, 0.25) is 0 Å². The number of carboxylic acid groups (broad SMARTS) is 1. The number of carboxylic acids is 1. The second-order valence-electron chi connectivity index (χ2n) is 6.33. The van der Waals surface area contributed by atoms with Gasteiger partial charge in [-0.3, -0.25) is 4.79 Å². The van der Waals surface area contributed by atoms with E-state index in [9.17, 15) is 13.2 Å². The van der Waals surface area contributed by atoms with Gasteiger partial charge in [0.15, 0.2) is 0 Å². The average molecular weight is 382 g/mol. The first-order valence-electron chi connectivity index (χ1n) is 9.11. The summed E-state index contributed by atoms with van der Waals surface area (Å²) in [6.07, 6.45) is 11.1. The summed E-state index contributed by atoms with van der Waals surface area (Å²) < 4.78 is 25.4. The minimum atomic E-state index is -3.35. The molecular formula is C20H31NO4S. The van der Waals surface area contributed by atoms with Crippen LogP contribution in [0.5, 0.6) is 0 Å². The number of aliphatic carboxylic acids is 1. The van der Waals surface area contributed by atoms with Gasteiger partial charge in [0, 0.05) is 5.92 Å². The van der Waals surface area contributed by atoms with Gasteiger partial charge < -0.3 is 5.11 Å². The van der Waals surface area contributed by atoms with Crippen molar-refractivity contribution in [2.45, 2.75) is 70.8 Å². The van der Waals surface area contributed by atoms with Gasteiger partial charge in [-0.15, -0.1) is 6.58 Å². The van der Waals surface area contributed by atoms with E-state index in [-0.39, 0.29) is 6.42 Å². The standard InChI is InChI=1S/C20H31NO4S/c1-4-6-7-8-9-10-11-15-19(21-26(3,24)25)16-13-12-14-18(5-2)17-20(22)23/h5,18-19,21H,2,4,6-11,15,17H2,1,3H3,(H,22,23). The largest absolute Gasteiger partial charge is 0.481 e. The Bertz CT molecular complexity index is 647. The fourth-order valence-corrected chi connectivity index (χ4v) is 3.05. The van der Waals surface area contributed by atoms with Gasteiger partial charge in [-0.05, 0) is 18.3 Å². The maximum Gasteiger partial charge on any atom is 0.304 e. The molecule has 0 aliphatic heterocycles. The molecule has 0 rings (SSSR count). The molecule has 146 valence electrons. The summed E-state index contributed by atoms with van der Waals surface area (Å²) in [6.45, 7) is 5.73. The molecule has 0 amide bonds. The zero-order valence-electron chi connectivity index (χ0n) is 15.9. The molecule has 0 aromatic carbocycles. The highest BCUT2D eigenvalue weighted by Crippen LogP contribution is 2.10. The second-order valence-corrected chi connectivity index (χ2v) is 8.11. The highest BCUT2D eigenvalue weighted by atomic mass is 32.2. The molecule has 2 N–H and O–H groups in total. The van der Waals surface area contributed by atoms with Crippen molar-refractivity contribution in [3.8, 4) is 23.7 Å². The first-order valence-corrected chi connectivity index (χ1v) is 11.0. The Hall–Kier alpha value is -1.76. The van der Waals surface area contributed by atoms with E-state index in [1.165, 1.54) is 31.8 Å². The Labute approximate surface area is 158 Å². The van der Waals surface area contributed by atoms with Gasteiger partial charge in [-0.25, -0.2) is 13.1 Å². The molecule has 0 bridgehead atoms. The number of hydrogen-bond donors (Lipinski definition) is 2. The van der Waals surface area contributed by atoms with Gasteiger partial charge >= 0.3 is 5.97 Å². The van der Waals surface area contributed by atoms with Crippen molar-refractivity contribution in [3.63, 3.8) is 0 Å². The van der Waals surface area contributed by atoms with Crippen molar-refractivity contribution in [2.24, 2.45) is 5.92 Å². The lowest BCUT2D eigenvalue weighted by Gasteiger charge is -2.11. The fraction of sp³-hybridized carbons (Fsp3) is 0.650. The fourth-order valence-electron chi connectivity index (χ4n) is 2.36. The van der Waals surface area contributed by atoms with Crippen LogP contribution in [0.4, 0.5) is 0 Å². The van der Waals surface area contributed by atoms with Gasteiger partial charge in [0.1, 0.15) is 0 Å². The van der Waals surface area contributed by atoms with Crippen LogP contribution < -0.4 is 4.72 Å². The molecule has 6 heteroatoms. The molecule has 26 heavy (non-hydrogen) atoms. The van der Waals surface area contributed by atoms with Crippen LogP contribution in [0.3, 0.4) is 0 Å². The van der Waals surface area contributed by atoms with Crippen molar-refractivity contribution in [1.82, 2.24) is 4.72 Å². The van der Waals surface area contributed by atoms with Gasteiger partial charge in [0.2, 0.25) is 10.0 Å². The molecule has 0 fully saturated rings. The summed E-state index contributed by atoms with van der Waals surface area (Å²) in [7, 11) is -3.35. The summed E-state index contributed by atoms with van der Waals surface area (Å²) in [5, 5.41) is 8.75. The SMILES string of the molecule is C=CC(C#CC#CC(CCCCCCCCC)NS(C)(=O)=O)CC(=O)O. The van der Waals surface area contributed by atoms with E-state index >= 15 is 0 Å². The van der Waals surface area contributed by atoms with Crippen LogP contribution >= 0.6 is 0 Å². The molecular weight excluding hydrogens is 350 g/mol. The zero-order chi connectivity index (χ0) is 19.8. The molecule has 0 radical (unpaired) electrons. The van der Waals surface area contributed by atoms with Gasteiger partial charge in [-0.1, -0.05) is 69.8 Å². The van der Waals surface area contributed by atoms with Gasteiger partial charge in [-0.2, -0.15) is 0 Å². The molecule has 0 aromatic heterocycles. The van der Waals surface area contributed by atoms with Crippen LogP contribution in [-0.2, 0) is 14.8 Å². The average Bonchev–Trinajstić information content (AvgIpc) is 2.54. The van der Waals surface area contributed by atoms with Crippen LogP contribution in [0.25, 0.3) is 0 Å².